The van der Waals surface area contributed by atoms with Gasteiger partial charge in [0.15, 0.2) is 0 Å². The van der Waals surface area contributed by atoms with Gasteiger partial charge in [-0.25, -0.2) is 0 Å². The lowest BCUT2D eigenvalue weighted by molar-refractivity contribution is 0.414. The number of hydrogen-bond donors (Lipinski definition) is 1. The van der Waals surface area contributed by atoms with E-state index in [1.54, 1.807) is 7.11 Å². The molecule has 1 aromatic rings. The van der Waals surface area contributed by atoms with Crippen molar-refractivity contribution in [1.82, 2.24) is 0 Å². The molecular weight excluding hydrogens is 218 g/mol. The average molecular weight is 239 g/mol. The molecule has 90 valence electrons. The van der Waals surface area contributed by atoms with E-state index in [-0.39, 0.29) is 6.04 Å². The van der Waals surface area contributed by atoms with Crippen molar-refractivity contribution in [3.05, 3.63) is 29.8 Å². The molecule has 0 aromatic heterocycles. The maximum Gasteiger partial charge on any atom is 0.119 e. The fourth-order valence-electron chi connectivity index (χ4n) is 1.69. The number of thioether (sulfide) groups is 1. The van der Waals surface area contributed by atoms with Crippen LogP contribution in [0.3, 0.4) is 0 Å². The Hall–Kier alpha value is -0.670. The Morgan fingerprint density at radius 1 is 1.44 bits per heavy atom. The van der Waals surface area contributed by atoms with E-state index in [0.717, 1.165) is 18.6 Å². The van der Waals surface area contributed by atoms with Crippen molar-refractivity contribution < 1.29 is 4.74 Å². The molecule has 0 spiro atoms. The normalized spacial score (nSPS) is 12.4. The molecule has 0 saturated heterocycles. The first kappa shape index (κ1) is 13.4. The van der Waals surface area contributed by atoms with Gasteiger partial charge in [-0.2, -0.15) is 11.8 Å². The molecule has 0 bridgehead atoms. The number of hydrogen-bond acceptors (Lipinski definition) is 3. The zero-order valence-electron chi connectivity index (χ0n) is 10.1. The van der Waals surface area contributed by atoms with Gasteiger partial charge in [-0.15, -0.1) is 0 Å². The molecule has 1 atom stereocenters. The van der Waals surface area contributed by atoms with Gasteiger partial charge >= 0.3 is 0 Å². The van der Waals surface area contributed by atoms with Gasteiger partial charge in [0.1, 0.15) is 5.75 Å². The first-order valence-corrected chi connectivity index (χ1v) is 7.03. The zero-order chi connectivity index (χ0) is 11.8. The summed E-state index contributed by atoms with van der Waals surface area (Å²) in [5, 5.41) is 0. The third kappa shape index (κ3) is 4.90. The van der Waals surface area contributed by atoms with Crippen molar-refractivity contribution >= 4 is 11.8 Å². The van der Waals surface area contributed by atoms with Crippen LogP contribution in [0.4, 0.5) is 0 Å². The number of nitrogens with two attached hydrogens (primary N) is 1. The predicted octanol–water partition coefficient (Wildman–Crippen LogP) is 2.71. The van der Waals surface area contributed by atoms with Crippen molar-refractivity contribution in [2.24, 2.45) is 5.73 Å². The van der Waals surface area contributed by atoms with Crippen LogP contribution >= 0.6 is 11.8 Å². The number of rotatable bonds is 7. The van der Waals surface area contributed by atoms with Crippen LogP contribution in [-0.4, -0.2) is 25.2 Å². The van der Waals surface area contributed by atoms with E-state index in [2.05, 4.69) is 18.4 Å². The lowest BCUT2D eigenvalue weighted by atomic mass is 10.0. The van der Waals surface area contributed by atoms with Crippen LogP contribution in [0, 0.1) is 0 Å². The van der Waals surface area contributed by atoms with Gasteiger partial charge in [0, 0.05) is 6.04 Å². The second-order valence-corrected chi connectivity index (χ2v) is 4.94. The summed E-state index contributed by atoms with van der Waals surface area (Å²) in [6.45, 7) is 0. The maximum absolute atomic E-state index is 6.09. The molecule has 0 saturated carbocycles. The van der Waals surface area contributed by atoms with E-state index in [0.29, 0.717) is 0 Å². The fraction of sp³-hybridized carbons (Fsp3) is 0.538. The fourth-order valence-corrected chi connectivity index (χ4v) is 2.15. The highest BCUT2D eigenvalue weighted by molar-refractivity contribution is 7.98. The Balaban J connectivity index is 2.39. The van der Waals surface area contributed by atoms with E-state index in [1.807, 2.05) is 23.9 Å². The smallest absolute Gasteiger partial charge is 0.119 e. The van der Waals surface area contributed by atoms with Crippen molar-refractivity contribution in [2.75, 3.05) is 19.1 Å². The monoisotopic (exact) mass is 239 g/mol. The van der Waals surface area contributed by atoms with Crippen LogP contribution in [0.2, 0.25) is 0 Å². The highest BCUT2D eigenvalue weighted by Gasteiger charge is 2.04. The quantitative estimate of drug-likeness (QED) is 0.743. The second kappa shape index (κ2) is 7.58. The third-order valence-electron chi connectivity index (χ3n) is 2.56. The van der Waals surface area contributed by atoms with Crippen molar-refractivity contribution in [3.8, 4) is 5.75 Å². The highest BCUT2D eigenvalue weighted by Crippen LogP contribution is 2.15. The Morgan fingerprint density at radius 3 is 2.94 bits per heavy atom. The van der Waals surface area contributed by atoms with E-state index in [1.165, 1.54) is 17.7 Å². The molecule has 0 radical (unpaired) electrons. The van der Waals surface area contributed by atoms with Gasteiger partial charge in [-0.05, 0) is 49.0 Å². The van der Waals surface area contributed by atoms with E-state index < -0.39 is 0 Å². The third-order valence-corrected chi connectivity index (χ3v) is 3.25. The molecule has 16 heavy (non-hydrogen) atoms. The Bertz CT molecular complexity index is 304. The SMILES string of the molecule is COc1cccc(CC(N)CCCSC)c1. The topological polar surface area (TPSA) is 35.2 Å². The molecular formula is C13H21NOS. The van der Waals surface area contributed by atoms with E-state index in [4.69, 9.17) is 10.5 Å². The van der Waals surface area contributed by atoms with Gasteiger partial charge in [-0.1, -0.05) is 12.1 Å². The van der Waals surface area contributed by atoms with Gasteiger partial charge in [-0.3, -0.25) is 0 Å². The number of benzene rings is 1. The highest BCUT2D eigenvalue weighted by atomic mass is 32.2. The first-order valence-electron chi connectivity index (χ1n) is 5.63. The van der Waals surface area contributed by atoms with Crippen LogP contribution in [0.1, 0.15) is 18.4 Å². The minimum Gasteiger partial charge on any atom is -0.497 e. The maximum atomic E-state index is 6.09. The molecule has 3 heteroatoms. The predicted molar refractivity (Wildman–Crippen MR) is 72.3 cm³/mol. The summed E-state index contributed by atoms with van der Waals surface area (Å²) in [5.41, 5.74) is 7.35. The molecule has 1 rings (SSSR count). The summed E-state index contributed by atoms with van der Waals surface area (Å²) < 4.78 is 5.19. The molecule has 2 N–H and O–H groups in total. The minimum atomic E-state index is 0.263. The van der Waals surface area contributed by atoms with Gasteiger partial charge in [0.05, 0.1) is 7.11 Å². The van der Waals surface area contributed by atoms with Gasteiger partial charge in [0.2, 0.25) is 0 Å². The summed E-state index contributed by atoms with van der Waals surface area (Å²) in [6, 6.07) is 8.41. The summed E-state index contributed by atoms with van der Waals surface area (Å²) in [4.78, 5) is 0. The van der Waals surface area contributed by atoms with Crippen LogP contribution in [0.5, 0.6) is 5.75 Å². The lowest BCUT2D eigenvalue weighted by Crippen LogP contribution is -2.22. The molecule has 0 fully saturated rings. The van der Waals surface area contributed by atoms with Crippen molar-refractivity contribution in [1.29, 1.82) is 0 Å². The van der Waals surface area contributed by atoms with Crippen molar-refractivity contribution in [2.45, 2.75) is 25.3 Å². The largest absolute Gasteiger partial charge is 0.497 e. The second-order valence-electron chi connectivity index (χ2n) is 3.95. The molecule has 0 aliphatic heterocycles. The van der Waals surface area contributed by atoms with E-state index >= 15 is 0 Å². The summed E-state index contributed by atoms with van der Waals surface area (Å²) in [7, 11) is 1.69. The Labute approximate surface area is 103 Å². The average Bonchev–Trinajstić information content (AvgIpc) is 2.29. The molecule has 0 heterocycles. The van der Waals surface area contributed by atoms with Crippen LogP contribution < -0.4 is 10.5 Å². The van der Waals surface area contributed by atoms with E-state index in [9.17, 15) is 0 Å². The molecule has 2 nitrogen and oxygen atoms in total. The Morgan fingerprint density at radius 2 is 2.25 bits per heavy atom. The summed E-state index contributed by atoms with van der Waals surface area (Å²) in [6.07, 6.45) is 5.36. The molecule has 0 aliphatic rings. The zero-order valence-corrected chi connectivity index (χ0v) is 10.9. The van der Waals surface area contributed by atoms with Crippen LogP contribution in [0.25, 0.3) is 0 Å². The molecule has 1 unspecified atom stereocenters. The molecule has 0 aliphatic carbocycles. The summed E-state index contributed by atoms with van der Waals surface area (Å²) in [5.74, 6) is 2.11. The Kier molecular flexibility index (Phi) is 6.34. The first-order chi connectivity index (χ1) is 7.76. The van der Waals surface area contributed by atoms with Gasteiger partial charge in [0.25, 0.3) is 0 Å². The number of methoxy groups -OCH3 is 1. The number of ether oxygens (including phenoxy) is 1. The minimum absolute atomic E-state index is 0.263. The summed E-state index contributed by atoms with van der Waals surface area (Å²) >= 11 is 1.88. The molecule has 0 amide bonds. The lowest BCUT2D eigenvalue weighted by Gasteiger charge is -2.11. The van der Waals surface area contributed by atoms with Crippen molar-refractivity contribution in [3.63, 3.8) is 0 Å². The van der Waals surface area contributed by atoms with Gasteiger partial charge < -0.3 is 10.5 Å². The van der Waals surface area contributed by atoms with Crippen LogP contribution in [0.15, 0.2) is 24.3 Å². The standard InChI is InChI=1S/C13H21NOS/c1-15-13-7-3-5-11(10-13)9-12(14)6-4-8-16-2/h3,5,7,10,12H,4,6,8-9,14H2,1-2H3. The van der Waals surface area contributed by atoms with Crippen LogP contribution in [-0.2, 0) is 6.42 Å². The molecule has 1 aromatic carbocycles.